The number of benzene rings is 2. The van der Waals surface area contributed by atoms with E-state index in [1.165, 1.54) is 24.3 Å². The van der Waals surface area contributed by atoms with Crippen LogP contribution in [0.25, 0.3) is 16.3 Å². The first-order valence-electron chi connectivity index (χ1n) is 8.49. The molecule has 0 aliphatic carbocycles. The van der Waals surface area contributed by atoms with Gasteiger partial charge in [-0.2, -0.15) is 5.10 Å². The van der Waals surface area contributed by atoms with Crippen LogP contribution in [0.4, 0.5) is 10.1 Å². The highest BCUT2D eigenvalue weighted by Crippen LogP contribution is 2.27. The van der Waals surface area contributed by atoms with E-state index in [4.69, 9.17) is 4.74 Å². The Morgan fingerprint density at radius 1 is 1.11 bits per heavy atom. The molecule has 0 aliphatic heterocycles. The van der Waals surface area contributed by atoms with Crippen molar-refractivity contribution in [2.24, 2.45) is 0 Å². The van der Waals surface area contributed by atoms with E-state index in [1.807, 2.05) is 41.8 Å². The monoisotopic (exact) mass is 393 g/mol. The van der Waals surface area contributed by atoms with Crippen molar-refractivity contribution in [3.63, 3.8) is 0 Å². The van der Waals surface area contributed by atoms with Crippen LogP contribution in [0.1, 0.15) is 10.5 Å². The van der Waals surface area contributed by atoms with E-state index in [0.717, 1.165) is 10.6 Å². The predicted molar refractivity (Wildman–Crippen MR) is 108 cm³/mol. The fourth-order valence-corrected chi connectivity index (χ4v) is 3.42. The zero-order chi connectivity index (χ0) is 19.5. The third kappa shape index (κ3) is 3.65. The number of ether oxygens (including phenoxy) is 1. The lowest BCUT2D eigenvalue weighted by atomic mass is 10.2. The Morgan fingerprint density at radius 3 is 2.50 bits per heavy atom. The molecule has 0 fully saturated rings. The molecule has 0 aliphatic rings. The summed E-state index contributed by atoms with van der Waals surface area (Å²) in [6, 6.07) is 18.5. The number of thiophene rings is 1. The molecule has 2 heterocycles. The normalized spacial score (nSPS) is 10.6. The fraction of sp³-hybridized carbons (Fsp3) is 0.0476. The van der Waals surface area contributed by atoms with Crippen LogP contribution in [-0.2, 0) is 0 Å². The van der Waals surface area contributed by atoms with E-state index in [0.29, 0.717) is 22.8 Å². The van der Waals surface area contributed by atoms with Gasteiger partial charge >= 0.3 is 0 Å². The second-order valence-corrected chi connectivity index (χ2v) is 6.91. The summed E-state index contributed by atoms with van der Waals surface area (Å²) in [4.78, 5) is 13.9. The first-order chi connectivity index (χ1) is 13.6. The molecule has 5 nitrogen and oxygen atoms in total. The third-order valence-corrected chi connectivity index (χ3v) is 5.03. The summed E-state index contributed by atoms with van der Waals surface area (Å²) >= 11 is 1.55. The van der Waals surface area contributed by atoms with Crippen LogP contribution < -0.4 is 10.1 Å². The number of aromatic nitrogens is 2. The summed E-state index contributed by atoms with van der Waals surface area (Å²) in [5.74, 6) is 0.0192. The molecule has 0 radical (unpaired) electrons. The standard InChI is InChI=1S/C21H16FN3O2S/c1-27-17-10-8-16(9-11-17)25-19(13-18(24-25)20-3-2-12-28-20)21(26)23-15-6-4-14(22)5-7-15/h2-13H,1H3,(H,23,26). The number of hydrogen-bond donors (Lipinski definition) is 1. The number of amides is 1. The fourth-order valence-electron chi connectivity index (χ4n) is 2.74. The van der Waals surface area contributed by atoms with Crippen LogP contribution in [0.15, 0.2) is 72.1 Å². The average Bonchev–Trinajstić information content (AvgIpc) is 3.39. The minimum Gasteiger partial charge on any atom is -0.497 e. The van der Waals surface area contributed by atoms with Crippen molar-refractivity contribution in [3.05, 3.63) is 83.6 Å². The zero-order valence-corrected chi connectivity index (χ0v) is 15.7. The summed E-state index contributed by atoms with van der Waals surface area (Å²) in [7, 11) is 1.60. The highest BCUT2D eigenvalue weighted by Gasteiger charge is 2.18. The highest BCUT2D eigenvalue weighted by atomic mass is 32.1. The summed E-state index contributed by atoms with van der Waals surface area (Å²) in [5, 5.41) is 9.37. The van der Waals surface area contributed by atoms with Gasteiger partial charge < -0.3 is 10.1 Å². The number of hydrogen-bond acceptors (Lipinski definition) is 4. The van der Waals surface area contributed by atoms with Gasteiger partial charge in [-0.1, -0.05) is 6.07 Å². The van der Waals surface area contributed by atoms with Gasteiger partial charge in [-0.15, -0.1) is 11.3 Å². The second-order valence-electron chi connectivity index (χ2n) is 5.96. The van der Waals surface area contributed by atoms with Crippen molar-refractivity contribution in [2.75, 3.05) is 12.4 Å². The van der Waals surface area contributed by atoms with Crippen LogP contribution in [-0.4, -0.2) is 22.8 Å². The maximum atomic E-state index is 13.1. The van der Waals surface area contributed by atoms with E-state index in [9.17, 15) is 9.18 Å². The summed E-state index contributed by atoms with van der Waals surface area (Å²) < 4.78 is 19.9. The molecular formula is C21H16FN3O2S. The number of halogens is 1. The molecule has 0 saturated heterocycles. The topological polar surface area (TPSA) is 56.2 Å². The van der Waals surface area contributed by atoms with Gasteiger partial charge in [-0.05, 0) is 66.0 Å². The van der Waals surface area contributed by atoms with Crippen molar-refractivity contribution >= 4 is 22.9 Å². The molecule has 1 N–H and O–H groups in total. The smallest absolute Gasteiger partial charge is 0.274 e. The van der Waals surface area contributed by atoms with E-state index < -0.39 is 0 Å². The molecule has 0 spiro atoms. The summed E-state index contributed by atoms with van der Waals surface area (Å²) in [5.41, 5.74) is 2.31. The molecule has 0 saturated carbocycles. The Balaban J connectivity index is 1.73. The molecule has 4 rings (SSSR count). The molecule has 7 heteroatoms. The predicted octanol–water partition coefficient (Wildman–Crippen LogP) is 5.00. The SMILES string of the molecule is COc1ccc(-n2nc(-c3cccs3)cc2C(=O)Nc2ccc(F)cc2)cc1. The van der Waals surface area contributed by atoms with Crippen LogP contribution >= 0.6 is 11.3 Å². The minimum absolute atomic E-state index is 0.335. The van der Waals surface area contributed by atoms with Gasteiger partial charge in [0.2, 0.25) is 0 Å². The number of nitrogens with one attached hydrogen (secondary N) is 1. The number of anilines is 1. The molecule has 0 bridgehead atoms. The van der Waals surface area contributed by atoms with Gasteiger partial charge in [-0.25, -0.2) is 9.07 Å². The van der Waals surface area contributed by atoms with Gasteiger partial charge in [0, 0.05) is 5.69 Å². The van der Waals surface area contributed by atoms with Gasteiger partial charge in [-0.3, -0.25) is 4.79 Å². The van der Waals surface area contributed by atoms with E-state index in [-0.39, 0.29) is 11.7 Å². The molecule has 28 heavy (non-hydrogen) atoms. The summed E-state index contributed by atoms with van der Waals surface area (Å²) in [6.45, 7) is 0. The molecule has 2 aromatic heterocycles. The van der Waals surface area contributed by atoms with Gasteiger partial charge in [0.15, 0.2) is 0 Å². The number of nitrogens with zero attached hydrogens (tertiary/aromatic N) is 2. The average molecular weight is 393 g/mol. The van der Waals surface area contributed by atoms with Crippen LogP contribution in [0.2, 0.25) is 0 Å². The number of rotatable bonds is 5. The van der Waals surface area contributed by atoms with Crippen molar-refractivity contribution in [1.82, 2.24) is 9.78 Å². The lowest BCUT2D eigenvalue weighted by Gasteiger charge is -2.09. The van der Waals surface area contributed by atoms with Gasteiger partial charge in [0.1, 0.15) is 23.0 Å². The largest absolute Gasteiger partial charge is 0.497 e. The summed E-state index contributed by atoms with van der Waals surface area (Å²) in [6.07, 6.45) is 0. The van der Waals surface area contributed by atoms with E-state index in [2.05, 4.69) is 10.4 Å². The second kappa shape index (κ2) is 7.66. The lowest BCUT2D eigenvalue weighted by molar-refractivity contribution is 0.101. The van der Waals surface area contributed by atoms with Crippen molar-refractivity contribution in [2.45, 2.75) is 0 Å². The third-order valence-electron chi connectivity index (χ3n) is 4.13. The molecule has 2 aromatic carbocycles. The van der Waals surface area contributed by atoms with E-state index >= 15 is 0 Å². The molecule has 0 unspecified atom stereocenters. The molecule has 140 valence electrons. The number of carbonyl (C=O) groups is 1. The molecule has 4 aromatic rings. The Labute approximate surface area is 165 Å². The maximum Gasteiger partial charge on any atom is 0.274 e. The number of carbonyl (C=O) groups excluding carboxylic acids is 1. The first kappa shape index (κ1) is 17.9. The maximum absolute atomic E-state index is 13.1. The lowest BCUT2D eigenvalue weighted by Crippen LogP contribution is -2.17. The van der Waals surface area contributed by atoms with Crippen molar-refractivity contribution in [1.29, 1.82) is 0 Å². The number of methoxy groups -OCH3 is 1. The quantitative estimate of drug-likeness (QED) is 0.519. The molecular weight excluding hydrogens is 377 g/mol. The van der Waals surface area contributed by atoms with Crippen LogP contribution in [0.5, 0.6) is 5.75 Å². The van der Waals surface area contributed by atoms with E-state index in [1.54, 1.807) is 29.2 Å². The Hall–Kier alpha value is -3.45. The molecule has 1 amide bonds. The van der Waals surface area contributed by atoms with Gasteiger partial charge in [0.05, 0.1) is 17.7 Å². The first-order valence-corrected chi connectivity index (χ1v) is 9.37. The van der Waals surface area contributed by atoms with Crippen molar-refractivity contribution in [3.8, 4) is 22.0 Å². The van der Waals surface area contributed by atoms with Crippen LogP contribution in [0.3, 0.4) is 0 Å². The highest BCUT2D eigenvalue weighted by molar-refractivity contribution is 7.13. The van der Waals surface area contributed by atoms with Crippen molar-refractivity contribution < 1.29 is 13.9 Å². The Morgan fingerprint density at radius 2 is 1.86 bits per heavy atom. The Kier molecular flexibility index (Phi) is 4.90. The van der Waals surface area contributed by atoms with Crippen LogP contribution in [0, 0.1) is 5.82 Å². The van der Waals surface area contributed by atoms with Gasteiger partial charge in [0.25, 0.3) is 5.91 Å². The zero-order valence-electron chi connectivity index (χ0n) is 14.9. The minimum atomic E-state index is -0.360. The molecule has 0 atom stereocenters. The Bertz CT molecular complexity index is 1090.